The number of amides is 3. The van der Waals surface area contributed by atoms with Gasteiger partial charge in [-0.3, -0.25) is 14.9 Å². The maximum atomic E-state index is 12.0. The summed E-state index contributed by atoms with van der Waals surface area (Å²) in [4.78, 5) is 34.1. The zero-order valence-corrected chi connectivity index (χ0v) is 12.3. The Morgan fingerprint density at radius 1 is 1.05 bits per heavy atom. The summed E-state index contributed by atoms with van der Waals surface area (Å²) in [5.74, 6) is 1.06. The van der Waals surface area contributed by atoms with Gasteiger partial charge in [-0.15, -0.1) is 0 Å². The van der Waals surface area contributed by atoms with Gasteiger partial charge in [-0.25, -0.2) is 4.79 Å². The number of urea groups is 1. The van der Waals surface area contributed by atoms with Gasteiger partial charge in [0.25, 0.3) is 5.91 Å². The number of hydrogen-bond acceptors (Lipinski definition) is 4. The number of ether oxygens (including phenoxy) is 1. The van der Waals surface area contributed by atoms with Gasteiger partial charge < -0.3 is 10.1 Å². The van der Waals surface area contributed by atoms with E-state index in [0.717, 1.165) is 37.0 Å². The van der Waals surface area contributed by atoms with Gasteiger partial charge >= 0.3 is 12.0 Å². The minimum atomic E-state index is -0.590. The van der Waals surface area contributed by atoms with Crippen molar-refractivity contribution in [2.75, 3.05) is 6.61 Å². The Balaban J connectivity index is 1.53. The fraction of sp³-hybridized carbons (Fsp3) is 0.800. The Morgan fingerprint density at radius 2 is 1.57 bits per heavy atom. The van der Waals surface area contributed by atoms with Gasteiger partial charge in [-0.05, 0) is 56.3 Å². The molecule has 0 saturated heterocycles. The molecule has 3 amide bonds. The molecule has 21 heavy (non-hydrogen) atoms. The molecular weight excluding hydrogens is 272 g/mol. The summed E-state index contributed by atoms with van der Waals surface area (Å²) < 4.78 is 4.57. The van der Waals surface area contributed by atoms with Crippen LogP contribution < -0.4 is 10.6 Å². The Hall–Kier alpha value is -1.59. The lowest BCUT2D eigenvalue weighted by atomic mass is 9.53. The summed E-state index contributed by atoms with van der Waals surface area (Å²) in [6, 6.07) is -0.464. The van der Waals surface area contributed by atoms with Crippen molar-refractivity contribution in [3.63, 3.8) is 0 Å². The lowest BCUT2D eigenvalue weighted by Crippen LogP contribution is -2.62. The van der Waals surface area contributed by atoms with Crippen LogP contribution in [-0.2, 0) is 14.3 Å². The van der Waals surface area contributed by atoms with Crippen molar-refractivity contribution in [3.8, 4) is 0 Å². The van der Waals surface area contributed by atoms with Crippen LogP contribution in [0.25, 0.3) is 0 Å². The second-order valence-electron chi connectivity index (χ2n) is 6.98. The minimum absolute atomic E-state index is 0.124. The standard InChI is InChI=1S/C15H22N2O4/c1-9(18)21-8-13(19)16-14(20)17-15-5-10-2-11(6-15)4-12(3-10)7-15/h10-12H,2-8H2,1H3,(H2,16,17,19,20). The van der Waals surface area contributed by atoms with Crippen LogP contribution in [0.4, 0.5) is 4.79 Å². The SMILES string of the molecule is CC(=O)OCC(=O)NC(=O)NC12CC3CC(CC(C3)C1)C2. The molecule has 0 aromatic carbocycles. The summed E-state index contributed by atoms with van der Waals surface area (Å²) in [5, 5.41) is 5.28. The average molecular weight is 294 g/mol. The van der Waals surface area contributed by atoms with E-state index in [1.165, 1.54) is 26.2 Å². The molecule has 0 unspecified atom stereocenters. The highest BCUT2D eigenvalue weighted by Crippen LogP contribution is 2.55. The maximum Gasteiger partial charge on any atom is 0.321 e. The van der Waals surface area contributed by atoms with E-state index in [9.17, 15) is 14.4 Å². The summed E-state index contributed by atoms with van der Waals surface area (Å²) in [6.45, 7) is 0.812. The number of rotatable bonds is 3. The molecule has 0 aromatic rings. The van der Waals surface area contributed by atoms with E-state index >= 15 is 0 Å². The van der Waals surface area contributed by atoms with E-state index in [4.69, 9.17) is 0 Å². The Labute approximate surface area is 124 Å². The van der Waals surface area contributed by atoms with Crippen molar-refractivity contribution in [3.05, 3.63) is 0 Å². The summed E-state index contributed by atoms with van der Waals surface area (Å²) in [7, 11) is 0. The Bertz CT molecular complexity index is 439. The van der Waals surface area contributed by atoms with E-state index in [1.54, 1.807) is 0 Å². The van der Waals surface area contributed by atoms with Gasteiger partial charge in [0.15, 0.2) is 6.61 Å². The molecule has 4 bridgehead atoms. The van der Waals surface area contributed by atoms with Crippen LogP contribution in [0.2, 0.25) is 0 Å². The quantitative estimate of drug-likeness (QED) is 0.769. The fourth-order valence-electron chi connectivity index (χ4n) is 4.87. The molecule has 2 N–H and O–H groups in total. The molecule has 4 fully saturated rings. The minimum Gasteiger partial charge on any atom is -0.456 e. The molecule has 4 aliphatic carbocycles. The van der Waals surface area contributed by atoms with Crippen LogP contribution in [0.5, 0.6) is 0 Å². The Kier molecular flexibility index (Phi) is 3.63. The van der Waals surface area contributed by atoms with E-state index in [0.29, 0.717) is 0 Å². The third-order valence-electron chi connectivity index (χ3n) is 5.08. The molecule has 0 atom stereocenters. The first-order valence-electron chi connectivity index (χ1n) is 7.69. The van der Waals surface area contributed by atoms with Crippen molar-refractivity contribution in [2.24, 2.45) is 17.8 Å². The molecule has 6 heteroatoms. The predicted molar refractivity (Wildman–Crippen MR) is 74.2 cm³/mol. The molecule has 0 radical (unpaired) electrons. The molecule has 0 spiro atoms. The van der Waals surface area contributed by atoms with Crippen molar-refractivity contribution < 1.29 is 19.1 Å². The second-order valence-corrected chi connectivity index (χ2v) is 6.98. The second kappa shape index (κ2) is 5.31. The summed E-state index contributed by atoms with van der Waals surface area (Å²) >= 11 is 0. The largest absolute Gasteiger partial charge is 0.456 e. The first kappa shape index (κ1) is 14.4. The van der Waals surface area contributed by atoms with Gasteiger partial charge in [0.05, 0.1) is 0 Å². The van der Waals surface area contributed by atoms with Crippen LogP contribution in [0, 0.1) is 17.8 Å². The molecule has 4 aliphatic rings. The van der Waals surface area contributed by atoms with E-state index in [-0.39, 0.29) is 5.54 Å². The van der Waals surface area contributed by atoms with Crippen molar-refractivity contribution in [1.82, 2.24) is 10.6 Å². The van der Waals surface area contributed by atoms with Crippen LogP contribution in [0.1, 0.15) is 45.4 Å². The number of hydrogen-bond donors (Lipinski definition) is 2. The van der Waals surface area contributed by atoms with Crippen LogP contribution in [0.3, 0.4) is 0 Å². The molecular formula is C15H22N2O4. The fourth-order valence-corrected chi connectivity index (χ4v) is 4.87. The number of carbonyl (C=O) groups is 3. The normalized spacial score (nSPS) is 36.1. The summed E-state index contributed by atoms with van der Waals surface area (Å²) in [5.41, 5.74) is -0.124. The molecule has 0 aliphatic heterocycles. The van der Waals surface area contributed by atoms with Crippen LogP contribution >= 0.6 is 0 Å². The van der Waals surface area contributed by atoms with E-state index in [1.807, 2.05) is 0 Å². The highest BCUT2D eigenvalue weighted by atomic mass is 16.5. The lowest BCUT2D eigenvalue weighted by Gasteiger charge is -2.56. The first-order valence-corrected chi connectivity index (χ1v) is 7.69. The van der Waals surface area contributed by atoms with Crippen molar-refractivity contribution in [1.29, 1.82) is 0 Å². The molecule has 4 rings (SSSR count). The zero-order chi connectivity index (χ0) is 15.0. The van der Waals surface area contributed by atoms with Gasteiger partial charge in [-0.2, -0.15) is 0 Å². The molecule has 0 heterocycles. The third kappa shape index (κ3) is 3.19. The lowest BCUT2D eigenvalue weighted by molar-refractivity contribution is -0.146. The first-order chi connectivity index (χ1) is 9.94. The van der Waals surface area contributed by atoms with Crippen molar-refractivity contribution >= 4 is 17.9 Å². The highest BCUT2D eigenvalue weighted by molar-refractivity contribution is 5.95. The smallest absolute Gasteiger partial charge is 0.321 e. The number of imide groups is 1. The summed E-state index contributed by atoms with van der Waals surface area (Å²) in [6.07, 6.45) is 7.00. The van der Waals surface area contributed by atoms with Crippen LogP contribution in [0.15, 0.2) is 0 Å². The molecule has 6 nitrogen and oxygen atoms in total. The highest BCUT2D eigenvalue weighted by Gasteiger charge is 2.51. The molecule has 116 valence electrons. The van der Waals surface area contributed by atoms with E-state index in [2.05, 4.69) is 15.4 Å². The number of nitrogens with one attached hydrogen (secondary N) is 2. The van der Waals surface area contributed by atoms with E-state index < -0.39 is 24.5 Å². The molecule has 0 aromatic heterocycles. The average Bonchev–Trinajstić information content (AvgIpc) is 2.33. The third-order valence-corrected chi connectivity index (χ3v) is 5.08. The van der Waals surface area contributed by atoms with Crippen molar-refractivity contribution in [2.45, 2.75) is 51.0 Å². The predicted octanol–water partition coefficient (Wildman–Crippen LogP) is 1.34. The van der Waals surface area contributed by atoms with Crippen LogP contribution in [-0.4, -0.2) is 30.1 Å². The topological polar surface area (TPSA) is 84.5 Å². The van der Waals surface area contributed by atoms with Gasteiger partial charge in [0, 0.05) is 12.5 Å². The number of carbonyl (C=O) groups excluding carboxylic acids is 3. The van der Waals surface area contributed by atoms with Gasteiger partial charge in [0.1, 0.15) is 0 Å². The number of esters is 1. The zero-order valence-electron chi connectivity index (χ0n) is 12.3. The monoisotopic (exact) mass is 294 g/mol. The van der Waals surface area contributed by atoms with Gasteiger partial charge in [-0.1, -0.05) is 0 Å². The Morgan fingerprint density at radius 3 is 2.05 bits per heavy atom. The maximum absolute atomic E-state index is 12.0. The molecule has 4 saturated carbocycles. The van der Waals surface area contributed by atoms with Gasteiger partial charge in [0.2, 0.25) is 0 Å².